The van der Waals surface area contributed by atoms with Crippen LogP contribution in [0.1, 0.15) is 0 Å². The predicted octanol–water partition coefficient (Wildman–Crippen LogP) is 7.15. The second-order valence-electron chi connectivity index (χ2n) is 9.77. The van der Waals surface area contributed by atoms with Crippen molar-refractivity contribution in [2.24, 2.45) is 0 Å². The molecule has 0 radical (unpaired) electrons. The van der Waals surface area contributed by atoms with E-state index in [0.717, 1.165) is 35.2 Å². The van der Waals surface area contributed by atoms with Crippen molar-refractivity contribution in [3.63, 3.8) is 0 Å². The predicted molar refractivity (Wildman–Crippen MR) is 165 cm³/mol. The van der Waals surface area contributed by atoms with Gasteiger partial charge in [0.25, 0.3) is 0 Å². The Bertz CT molecular complexity index is 1860. The van der Waals surface area contributed by atoms with Crippen molar-refractivity contribution in [2.75, 3.05) is 21.4 Å². The molecule has 41 heavy (non-hydrogen) atoms. The fourth-order valence-electron chi connectivity index (χ4n) is 5.45. The second-order valence-corrected chi connectivity index (χ2v) is 12.9. The van der Waals surface area contributed by atoms with Crippen molar-refractivity contribution in [3.05, 3.63) is 134 Å². The van der Waals surface area contributed by atoms with Gasteiger partial charge in [0.1, 0.15) is 0 Å². The number of ether oxygens (including phenoxy) is 1. The third-order valence-corrected chi connectivity index (χ3v) is 10.5. The van der Waals surface area contributed by atoms with Crippen molar-refractivity contribution < 1.29 is 9.15 Å². The smallest absolute Gasteiger partial charge is 0.0383 e. The molecule has 0 unspecified atom stereocenters. The number of rotatable bonds is 5. The Kier molecular flexibility index (Phi) is 5.91. The third-order valence-electron chi connectivity index (χ3n) is 7.29. The van der Waals surface area contributed by atoms with Crippen LogP contribution in [-0.2, 0) is 0 Å². The van der Waals surface area contributed by atoms with E-state index in [0.29, 0.717) is 6.01 Å². The molecule has 7 heteroatoms. The molecule has 0 saturated heterocycles. The van der Waals surface area contributed by atoms with E-state index < -0.39 is 20.9 Å². The largest absolute Gasteiger partial charge is 0.0602 e. The van der Waals surface area contributed by atoms with Crippen molar-refractivity contribution in [1.29, 1.82) is 0 Å². The zero-order chi connectivity index (χ0) is 27.2. The molecule has 6 nitrogen and oxygen atoms in total. The van der Waals surface area contributed by atoms with Gasteiger partial charge >= 0.3 is 213 Å². The van der Waals surface area contributed by atoms with E-state index in [1.807, 2.05) is 6.07 Å². The molecule has 1 aromatic heterocycles. The van der Waals surface area contributed by atoms with Gasteiger partial charge in [-0.05, 0) is 12.1 Å². The number of oxazole rings is 1. The number of para-hydroxylation sites is 4. The topological polar surface area (TPSA) is 45.0 Å². The van der Waals surface area contributed by atoms with Crippen LogP contribution in [0.25, 0.3) is 0 Å². The maximum atomic E-state index is 6.49. The van der Waals surface area contributed by atoms with Crippen molar-refractivity contribution in [1.82, 2.24) is 4.98 Å². The van der Waals surface area contributed by atoms with E-state index in [1.54, 1.807) is 12.5 Å². The fraction of sp³-hybridized carbons (Fsp3) is 0.0294. The van der Waals surface area contributed by atoms with E-state index in [1.165, 1.54) is 24.3 Å². The molecule has 0 atom stereocenters. The molecule has 0 spiro atoms. The fourth-order valence-corrected chi connectivity index (χ4v) is 8.41. The van der Waals surface area contributed by atoms with Crippen LogP contribution >= 0.6 is 0 Å². The Labute approximate surface area is 248 Å². The zero-order valence-corrected chi connectivity index (χ0v) is 24.3. The van der Waals surface area contributed by atoms with E-state index >= 15 is 0 Å². The third kappa shape index (κ3) is 4.31. The quantitative estimate of drug-likeness (QED) is 0.185. The molecule has 0 saturated carbocycles. The summed E-state index contributed by atoms with van der Waals surface area (Å²) in [4.78, 5) is 11.2. The molecule has 0 aliphatic carbocycles. The van der Waals surface area contributed by atoms with Gasteiger partial charge in [-0.25, -0.2) is 0 Å². The molecule has 2 aliphatic heterocycles. The molecule has 0 fully saturated rings. The first-order valence-corrected chi connectivity index (χ1v) is 15.7. The molecule has 0 N–H and O–H groups in total. The first kappa shape index (κ1) is 24.1. The van der Waals surface area contributed by atoms with Crippen LogP contribution in [-0.4, -0.2) is 32.6 Å². The molecular formula is C34H24N4O2Te. The van der Waals surface area contributed by atoms with Crippen LogP contribution < -0.4 is 26.7 Å². The van der Waals surface area contributed by atoms with E-state index in [9.17, 15) is 0 Å². The molecule has 2 aliphatic rings. The molecule has 3 heterocycles. The van der Waals surface area contributed by atoms with E-state index in [-0.39, 0.29) is 0 Å². The Hall–Kier alpha value is -4.70. The molecule has 8 rings (SSSR count). The van der Waals surface area contributed by atoms with Crippen LogP contribution in [0, 0.1) is 0 Å². The molecule has 5 aromatic carbocycles. The summed E-state index contributed by atoms with van der Waals surface area (Å²) in [5.74, 6) is 1.56. The number of fused-ring (bicyclic) bond motifs is 3. The van der Waals surface area contributed by atoms with Gasteiger partial charge in [0.15, 0.2) is 0 Å². The van der Waals surface area contributed by atoms with Crippen LogP contribution in [0.15, 0.2) is 138 Å². The average Bonchev–Trinajstić information content (AvgIpc) is 3.69. The van der Waals surface area contributed by atoms with E-state index in [4.69, 9.17) is 9.15 Å². The average molecular weight is 648 g/mol. The minimum atomic E-state index is -0.556. The summed E-state index contributed by atoms with van der Waals surface area (Å²) in [5, 5.41) is 0. The van der Waals surface area contributed by atoms with Gasteiger partial charge in [-0.1, -0.05) is 24.3 Å². The summed E-state index contributed by atoms with van der Waals surface area (Å²) < 4.78 is 14.9. The SMILES string of the molecule is c1ccc(N2CN(c3cccc(Oc4ccc5c(c4)N(c4ncco4)c4ccccc4[Te]5)c3)c3ccccc32)cc1. The summed E-state index contributed by atoms with van der Waals surface area (Å²) >= 11 is -0.556. The summed E-state index contributed by atoms with van der Waals surface area (Å²) in [6, 6.07) is 42.8. The molecular weight excluding hydrogens is 624 g/mol. The molecule has 0 bridgehead atoms. The monoisotopic (exact) mass is 650 g/mol. The Morgan fingerprint density at radius 3 is 2.10 bits per heavy atom. The second kappa shape index (κ2) is 10.0. The summed E-state index contributed by atoms with van der Waals surface area (Å²) in [6.07, 6.45) is 3.30. The molecule has 198 valence electrons. The van der Waals surface area contributed by atoms with Gasteiger partial charge in [-0.2, -0.15) is 0 Å². The van der Waals surface area contributed by atoms with Crippen LogP contribution in [0.2, 0.25) is 0 Å². The summed E-state index contributed by atoms with van der Waals surface area (Å²) in [6.45, 7) is 0.723. The van der Waals surface area contributed by atoms with Crippen molar-refractivity contribution in [3.8, 4) is 11.5 Å². The summed E-state index contributed by atoms with van der Waals surface area (Å²) in [7, 11) is 0. The zero-order valence-electron chi connectivity index (χ0n) is 21.9. The number of aromatic nitrogens is 1. The van der Waals surface area contributed by atoms with Crippen LogP contribution in [0.4, 0.5) is 40.1 Å². The standard InChI is InChI=1S/C34H24N4O2Te/c1-2-9-24(10-3-1)36-23-37(29-14-5-4-13-28(29)36)25-11-8-12-26(21-25)40-27-17-18-33-31(22-27)38(34-35-19-20-39-34)30-15-6-7-16-32(30)41-33/h1-22H,23H2. The number of hydrogen-bond donors (Lipinski definition) is 0. The normalized spacial score (nSPS) is 13.5. The summed E-state index contributed by atoms with van der Waals surface area (Å²) in [5.41, 5.74) is 6.80. The van der Waals surface area contributed by atoms with Crippen molar-refractivity contribution in [2.45, 2.75) is 0 Å². The number of nitrogens with zero attached hydrogens (tertiary/aromatic N) is 4. The van der Waals surface area contributed by atoms with E-state index in [2.05, 4.69) is 135 Å². The number of anilines is 7. The van der Waals surface area contributed by atoms with Crippen molar-refractivity contribution >= 4 is 68.3 Å². The maximum Gasteiger partial charge on any atom is -0.0383 e. The van der Waals surface area contributed by atoms with Gasteiger partial charge < -0.3 is 0 Å². The van der Waals surface area contributed by atoms with Gasteiger partial charge in [0, 0.05) is 0 Å². The maximum absolute atomic E-state index is 6.49. The molecule has 0 amide bonds. The minimum Gasteiger partial charge on any atom is -0.0602 e. The van der Waals surface area contributed by atoms with Gasteiger partial charge in [0.05, 0.1) is 0 Å². The minimum absolute atomic E-state index is 0.556. The van der Waals surface area contributed by atoms with Gasteiger partial charge in [-0.3, -0.25) is 0 Å². The molecule has 6 aromatic rings. The number of benzene rings is 5. The Balaban J connectivity index is 1.12. The van der Waals surface area contributed by atoms with Gasteiger partial charge in [0.2, 0.25) is 0 Å². The van der Waals surface area contributed by atoms with Crippen LogP contribution in [0.3, 0.4) is 0 Å². The first-order valence-electron chi connectivity index (χ1n) is 13.4. The van der Waals surface area contributed by atoms with Crippen LogP contribution in [0.5, 0.6) is 11.5 Å². The van der Waals surface area contributed by atoms with Gasteiger partial charge in [-0.15, -0.1) is 0 Å². The Morgan fingerprint density at radius 1 is 0.610 bits per heavy atom. The Morgan fingerprint density at radius 2 is 1.29 bits per heavy atom. The number of hydrogen-bond acceptors (Lipinski definition) is 6. The first-order chi connectivity index (χ1) is 20.3.